The molecule has 0 aliphatic rings. The predicted molar refractivity (Wildman–Crippen MR) is 70.3 cm³/mol. The van der Waals surface area contributed by atoms with Gasteiger partial charge in [-0.2, -0.15) is 0 Å². The van der Waals surface area contributed by atoms with E-state index in [9.17, 15) is 13.2 Å². The number of halogens is 2. The molecule has 2 aromatic heterocycles. The van der Waals surface area contributed by atoms with Gasteiger partial charge in [-0.25, -0.2) is 18.1 Å². The number of rotatable bonds is 3. The second kappa shape index (κ2) is 5.32. The van der Waals surface area contributed by atoms with E-state index < -0.39 is 15.9 Å². The zero-order chi connectivity index (χ0) is 14.0. The van der Waals surface area contributed by atoms with Crippen molar-refractivity contribution in [1.29, 1.82) is 0 Å². The van der Waals surface area contributed by atoms with Crippen molar-refractivity contribution in [3.05, 3.63) is 46.0 Å². The molecule has 0 spiro atoms. The van der Waals surface area contributed by atoms with E-state index in [1.165, 1.54) is 18.4 Å². The Labute approximate surface area is 122 Å². The fourth-order valence-electron chi connectivity index (χ4n) is 1.18. The third-order valence-electron chi connectivity index (χ3n) is 2.09. The van der Waals surface area contributed by atoms with E-state index >= 15 is 0 Å². The normalized spacial score (nSPS) is 11.3. The highest BCUT2D eigenvalue weighted by atomic mass is 79.9. The molecule has 100 valence electrons. The zero-order valence-corrected chi connectivity index (χ0v) is 12.3. The van der Waals surface area contributed by atoms with Crippen LogP contribution in [0.3, 0.4) is 0 Å². The summed E-state index contributed by atoms with van der Waals surface area (Å²) in [6.45, 7) is 0. The third-order valence-corrected chi connectivity index (χ3v) is 4.52. The molecule has 1 amide bonds. The molecular formula is C10H6BrClN2O4S. The highest BCUT2D eigenvalue weighted by Gasteiger charge is 2.20. The molecule has 2 aromatic rings. The maximum Gasteiger partial charge on any atom is 0.268 e. The molecule has 0 saturated carbocycles. The second-order valence-corrected chi connectivity index (χ2v) is 6.29. The molecule has 9 heteroatoms. The number of hydrogen-bond acceptors (Lipinski definition) is 5. The third kappa shape index (κ3) is 3.14. The predicted octanol–water partition coefficient (Wildman–Crippen LogP) is 2.21. The average molecular weight is 366 g/mol. The lowest BCUT2D eigenvalue weighted by molar-refractivity contribution is 0.0981. The Bertz CT molecular complexity index is 715. The summed E-state index contributed by atoms with van der Waals surface area (Å²) in [7, 11) is -4.02. The van der Waals surface area contributed by atoms with Crippen LogP contribution in [0.1, 0.15) is 10.4 Å². The van der Waals surface area contributed by atoms with Gasteiger partial charge in [0.25, 0.3) is 15.9 Å². The van der Waals surface area contributed by atoms with E-state index in [1.807, 2.05) is 4.72 Å². The van der Waals surface area contributed by atoms with Gasteiger partial charge in [-0.3, -0.25) is 4.79 Å². The van der Waals surface area contributed by atoms with E-state index in [0.29, 0.717) is 4.47 Å². The van der Waals surface area contributed by atoms with Crippen molar-refractivity contribution < 1.29 is 17.6 Å². The first-order chi connectivity index (χ1) is 8.90. The van der Waals surface area contributed by atoms with E-state index in [4.69, 9.17) is 16.0 Å². The number of aromatic nitrogens is 1. The first kappa shape index (κ1) is 14.0. The molecule has 1 N–H and O–H groups in total. The van der Waals surface area contributed by atoms with Crippen LogP contribution in [-0.4, -0.2) is 19.3 Å². The SMILES string of the molecule is O=C(NS(=O)(=O)c1cnc(Cl)c(Br)c1)c1ccoc1. The van der Waals surface area contributed by atoms with Crippen LogP contribution in [0.25, 0.3) is 0 Å². The van der Waals surface area contributed by atoms with Crippen LogP contribution >= 0.6 is 27.5 Å². The minimum atomic E-state index is -4.02. The number of carbonyl (C=O) groups excluding carboxylic acids is 1. The van der Waals surface area contributed by atoms with Crippen molar-refractivity contribution in [2.45, 2.75) is 4.90 Å². The number of nitrogens with one attached hydrogen (secondary N) is 1. The molecule has 0 unspecified atom stereocenters. The number of carbonyl (C=O) groups is 1. The zero-order valence-electron chi connectivity index (χ0n) is 9.13. The molecule has 0 saturated heterocycles. The number of sulfonamides is 1. The minimum Gasteiger partial charge on any atom is -0.472 e. The lowest BCUT2D eigenvalue weighted by atomic mass is 10.3. The second-order valence-electron chi connectivity index (χ2n) is 3.39. The van der Waals surface area contributed by atoms with Crippen LogP contribution in [0.15, 0.2) is 44.6 Å². The monoisotopic (exact) mass is 364 g/mol. The first-order valence-electron chi connectivity index (χ1n) is 4.80. The van der Waals surface area contributed by atoms with Gasteiger partial charge in [-0.1, -0.05) is 11.6 Å². The Morgan fingerprint density at radius 2 is 2.21 bits per heavy atom. The summed E-state index contributed by atoms with van der Waals surface area (Å²) in [6.07, 6.45) is 3.46. The quantitative estimate of drug-likeness (QED) is 0.842. The molecule has 0 fully saturated rings. The van der Waals surface area contributed by atoms with Gasteiger partial charge in [0.2, 0.25) is 0 Å². The van der Waals surface area contributed by atoms with Gasteiger partial charge < -0.3 is 4.42 Å². The Balaban J connectivity index is 2.28. The highest BCUT2D eigenvalue weighted by Crippen LogP contribution is 2.22. The first-order valence-corrected chi connectivity index (χ1v) is 7.46. The number of hydrogen-bond donors (Lipinski definition) is 1. The standard InChI is InChI=1S/C10H6BrClN2O4S/c11-8-3-7(4-13-9(8)12)19(16,17)14-10(15)6-1-2-18-5-6/h1-5H,(H,14,15). The number of amides is 1. The molecule has 0 radical (unpaired) electrons. The van der Waals surface area contributed by atoms with Crippen molar-refractivity contribution in [3.63, 3.8) is 0 Å². The highest BCUT2D eigenvalue weighted by molar-refractivity contribution is 9.10. The number of furan rings is 1. The lowest BCUT2D eigenvalue weighted by Crippen LogP contribution is -2.30. The summed E-state index contributed by atoms with van der Waals surface area (Å²) in [5.41, 5.74) is 0.101. The molecule has 0 aliphatic heterocycles. The fourth-order valence-corrected chi connectivity index (χ4v) is 2.73. The van der Waals surface area contributed by atoms with Gasteiger partial charge >= 0.3 is 0 Å². The largest absolute Gasteiger partial charge is 0.472 e. The van der Waals surface area contributed by atoms with Gasteiger partial charge in [0.15, 0.2) is 0 Å². The van der Waals surface area contributed by atoms with Crippen molar-refractivity contribution in [2.75, 3.05) is 0 Å². The molecule has 0 aliphatic carbocycles. The molecule has 0 aromatic carbocycles. The Hall–Kier alpha value is -1.38. The van der Waals surface area contributed by atoms with Gasteiger partial charge in [0.05, 0.1) is 16.3 Å². The molecule has 2 rings (SSSR count). The maximum absolute atomic E-state index is 11.9. The van der Waals surface area contributed by atoms with Crippen molar-refractivity contribution in [2.24, 2.45) is 0 Å². The molecule has 2 heterocycles. The Kier molecular flexibility index (Phi) is 3.93. The minimum absolute atomic E-state index is 0.101. The van der Waals surface area contributed by atoms with Crippen LogP contribution in [0.2, 0.25) is 5.15 Å². The van der Waals surface area contributed by atoms with Crippen LogP contribution in [0.4, 0.5) is 0 Å². The maximum atomic E-state index is 11.9. The Morgan fingerprint density at radius 3 is 2.79 bits per heavy atom. The molecule has 0 bridgehead atoms. The summed E-state index contributed by atoms with van der Waals surface area (Å²) in [4.78, 5) is 15.1. The van der Waals surface area contributed by atoms with Crippen LogP contribution in [0, 0.1) is 0 Å². The number of nitrogens with zero attached hydrogens (tertiary/aromatic N) is 1. The molecule has 6 nitrogen and oxygen atoms in total. The lowest BCUT2D eigenvalue weighted by Gasteiger charge is -2.06. The van der Waals surface area contributed by atoms with E-state index in [-0.39, 0.29) is 15.6 Å². The van der Waals surface area contributed by atoms with Crippen molar-refractivity contribution >= 4 is 43.5 Å². The molecule has 19 heavy (non-hydrogen) atoms. The van der Waals surface area contributed by atoms with E-state index in [0.717, 1.165) is 12.5 Å². The fraction of sp³-hybridized carbons (Fsp3) is 0. The van der Waals surface area contributed by atoms with Gasteiger partial charge in [-0.05, 0) is 28.1 Å². The van der Waals surface area contributed by atoms with E-state index in [1.54, 1.807) is 0 Å². The summed E-state index contributed by atoms with van der Waals surface area (Å²) in [5, 5.41) is 0.125. The smallest absolute Gasteiger partial charge is 0.268 e. The van der Waals surface area contributed by atoms with Crippen molar-refractivity contribution in [3.8, 4) is 0 Å². The Morgan fingerprint density at radius 1 is 1.47 bits per heavy atom. The van der Waals surface area contributed by atoms with Crippen molar-refractivity contribution in [1.82, 2.24) is 9.71 Å². The number of pyridine rings is 1. The molecular weight excluding hydrogens is 360 g/mol. The molecule has 0 atom stereocenters. The van der Waals surface area contributed by atoms with E-state index in [2.05, 4.69) is 20.9 Å². The summed E-state index contributed by atoms with van der Waals surface area (Å²) in [6, 6.07) is 2.60. The summed E-state index contributed by atoms with van der Waals surface area (Å²) >= 11 is 8.72. The van der Waals surface area contributed by atoms with Gasteiger partial charge in [0.1, 0.15) is 16.3 Å². The van der Waals surface area contributed by atoms with Gasteiger partial charge in [-0.15, -0.1) is 0 Å². The average Bonchev–Trinajstić information content (AvgIpc) is 2.85. The van der Waals surface area contributed by atoms with Gasteiger partial charge in [0, 0.05) is 6.20 Å². The van der Waals surface area contributed by atoms with Crippen LogP contribution in [0.5, 0.6) is 0 Å². The van der Waals surface area contributed by atoms with Crippen LogP contribution < -0.4 is 4.72 Å². The summed E-state index contributed by atoms with van der Waals surface area (Å²) in [5.74, 6) is -0.792. The topological polar surface area (TPSA) is 89.3 Å². The van der Waals surface area contributed by atoms with Crippen LogP contribution in [-0.2, 0) is 10.0 Å². The summed E-state index contributed by atoms with van der Waals surface area (Å²) < 4.78 is 30.8.